The third-order valence-corrected chi connectivity index (χ3v) is 20.4. The van der Waals surface area contributed by atoms with E-state index in [2.05, 4.69) is 364 Å². The minimum Gasteiger partial charge on any atom is -0.310 e. The maximum absolute atomic E-state index is 2.69. The highest BCUT2D eigenvalue weighted by Crippen LogP contribution is 2.52. The average Bonchev–Trinajstić information content (AvgIpc) is 1.59. The molecule has 0 saturated carbocycles. The van der Waals surface area contributed by atoms with Crippen molar-refractivity contribution in [3.05, 3.63) is 346 Å². The van der Waals surface area contributed by atoms with Gasteiger partial charge in [0, 0.05) is 71.7 Å². The lowest BCUT2D eigenvalue weighted by Crippen LogP contribution is -2.60. The molecule has 2 aliphatic rings. The number of nitrogens with zero attached hydrogens (tertiary/aromatic N) is 4. The molecule has 0 radical (unpaired) electrons. The number of benzene rings is 15. The lowest BCUT2D eigenvalue weighted by Gasteiger charge is -2.42. The van der Waals surface area contributed by atoms with Crippen molar-refractivity contribution in [3.8, 4) is 83.8 Å². The fourth-order valence-electron chi connectivity index (χ4n) is 16.2. The highest BCUT2D eigenvalue weighted by molar-refractivity contribution is 7.00. The molecule has 0 saturated heterocycles. The molecule has 15 aromatic carbocycles. The summed E-state index contributed by atoms with van der Waals surface area (Å²) in [5.74, 6) is 0. The first kappa shape index (κ1) is 53.2. The van der Waals surface area contributed by atoms with Crippen molar-refractivity contribution in [1.82, 2.24) is 13.7 Å². The third kappa shape index (κ3) is 8.09. The second kappa shape index (κ2) is 21.1. The zero-order valence-corrected chi connectivity index (χ0v) is 51.8. The maximum atomic E-state index is 2.69. The van der Waals surface area contributed by atoms with E-state index in [1.165, 1.54) is 126 Å². The molecule has 2 aliphatic heterocycles. The Morgan fingerprint density at radius 2 is 0.642 bits per heavy atom. The molecule has 4 nitrogen and oxygen atoms in total. The summed E-state index contributed by atoms with van der Waals surface area (Å²) in [6, 6.07) is 129. The Morgan fingerprint density at radius 3 is 1.21 bits per heavy atom. The maximum Gasteiger partial charge on any atom is 0.252 e. The van der Waals surface area contributed by atoms with Gasteiger partial charge in [0.15, 0.2) is 0 Å². The van der Waals surface area contributed by atoms with Crippen LogP contribution in [-0.2, 0) is 0 Å². The first-order chi connectivity index (χ1) is 47.2. The van der Waals surface area contributed by atoms with E-state index in [4.69, 9.17) is 0 Å². The molecular formula is C90H57BN4. The molecule has 5 heteroatoms. The highest BCUT2D eigenvalue weighted by atomic mass is 15.2. The van der Waals surface area contributed by atoms with Crippen LogP contribution in [-0.4, -0.2) is 20.4 Å². The Hall–Kier alpha value is -12.4. The zero-order valence-electron chi connectivity index (χ0n) is 51.8. The summed E-state index contributed by atoms with van der Waals surface area (Å²) < 4.78 is 7.76. The largest absolute Gasteiger partial charge is 0.310 e. The zero-order chi connectivity index (χ0) is 62.2. The molecule has 0 unspecified atom stereocenters. The summed E-state index contributed by atoms with van der Waals surface area (Å²) in [5.41, 5.74) is 31.7. The molecule has 5 heterocycles. The van der Waals surface area contributed by atoms with E-state index in [9.17, 15) is 0 Å². The molecule has 0 amide bonds. The second-order valence-corrected chi connectivity index (χ2v) is 25.5. The number of hydrogen-bond acceptors (Lipinski definition) is 1. The van der Waals surface area contributed by atoms with Crippen LogP contribution in [0.15, 0.2) is 346 Å². The smallest absolute Gasteiger partial charge is 0.252 e. The predicted octanol–water partition coefficient (Wildman–Crippen LogP) is 21.6. The van der Waals surface area contributed by atoms with Gasteiger partial charge < -0.3 is 18.6 Å². The van der Waals surface area contributed by atoms with Crippen molar-refractivity contribution in [3.63, 3.8) is 0 Å². The molecule has 0 bridgehead atoms. The average molecular weight is 1210 g/mol. The first-order valence-corrected chi connectivity index (χ1v) is 32.9. The molecule has 0 N–H and O–H groups in total. The second-order valence-electron chi connectivity index (χ2n) is 25.5. The van der Waals surface area contributed by atoms with Gasteiger partial charge in [-0.2, -0.15) is 0 Å². The van der Waals surface area contributed by atoms with Crippen molar-refractivity contribution >= 4 is 106 Å². The van der Waals surface area contributed by atoms with Crippen LogP contribution in [0.5, 0.6) is 0 Å². The van der Waals surface area contributed by atoms with Crippen molar-refractivity contribution < 1.29 is 0 Å². The molecule has 0 fully saturated rings. The third-order valence-electron chi connectivity index (χ3n) is 20.4. The first-order valence-electron chi connectivity index (χ1n) is 32.9. The minimum absolute atomic E-state index is 0.256. The van der Waals surface area contributed by atoms with E-state index in [0.717, 1.165) is 56.2 Å². The summed E-state index contributed by atoms with van der Waals surface area (Å²) in [6.07, 6.45) is 0. The lowest BCUT2D eigenvalue weighted by molar-refractivity contribution is 1.13. The van der Waals surface area contributed by atoms with Crippen LogP contribution in [0.1, 0.15) is 0 Å². The molecule has 0 atom stereocenters. The van der Waals surface area contributed by atoms with Gasteiger partial charge >= 0.3 is 0 Å². The normalized spacial score (nSPS) is 12.4. The van der Waals surface area contributed by atoms with E-state index in [0.29, 0.717) is 0 Å². The van der Waals surface area contributed by atoms with Crippen molar-refractivity contribution in [1.29, 1.82) is 0 Å². The fraction of sp³-hybridized carbons (Fsp3) is 0. The standard InChI is InChI=1S/C90H57BN4/c1-6-23-58(24-7-1)62-41-45-64(46-42-62)70-36-22-37-71(65-47-43-63(44-48-65)59-25-8-2-9-26-59)87(70)94-84-52-50-69(92-80-38-19-16-33-72(80)73-34-17-20-39-81(73)92)56-78(84)91-79-55-67(61-29-12-4-13-30-61)54-76-75-53-66(60-27-10-3-11-28-60)49-51-83(75)95(88(76)79)90-86(91)85(94)57-77-74-35-18-21-40-82(74)93(89(77)90)68-31-14-5-15-32-68/h1-57H. The molecular weight excluding hydrogens is 1150 g/mol. The van der Waals surface area contributed by atoms with Gasteiger partial charge in [0.1, 0.15) is 0 Å². The van der Waals surface area contributed by atoms with Gasteiger partial charge in [0.05, 0.1) is 39.0 Å². The Balaban J connectivity index is 0.974. The number of fused-ring (bicyclic) bond motifs is 14. The van der Waals surface area contributed by atoms with E-state index in [-0.39, 0.29) is 6.71 Å². The summed E-state index contributed by atoms with van der Waals surface area (Å²) in [4.78, 5) is 2.69. The molecule has 18 aromatic rings. The molecule has 440 valence electrons. The molecule has 20 rings (SSSR count). The van der Waals surface area contributed by atoms with Crippen molar-refractivity contribution in [2.75, 3.05) is 4.90 Å². The Bertz CT molecular complexity index is 5950. The molecule has 95 heavy (non-hydrogen) atoms. The van der Waals surface area contributed by atoms with Crippen LogP contribution in [0.2, 0.25) is 0 Å². The fourth-order valence-corrected chi connectivity index (χ4v) is 16.2. The number of anilines is 3. The highest BCUT2D eigenvalue weighted by Gasteiger charge is 2.45. The van der Waals surface area contributed by atoms with Gasteiger partial charge in [0.25, 0.3) is 6.71 Å². The number of para-hydroxylation sites is 5. The minimum atomic E-state index is -0.256. The Kier molecular flexibility index (Phi) is 11.8. The quantitative estimate of drug-likeness (QED) is 0.132. The van der Waals surface area contributed by atoms with E-state index in [1.807, 2.05) is 0 Å². The van der Waals surface area contributed by atoms with E-state index in [1.54, 1.807) is 0 Å². The van der Waals surface area contributed by atoms with Crippen LogP contribution in [0.3, 0.4) is 0 Å². The van der Waals surface area contributed by atoms with E-state index >= 15 is 0 Å². The predicted molar refractivity (Wildman–Crippen MR) is 401 cm³/mol. The monoisotopic (exact) mass is 1200 g/mol. The summed E-state index contributed by atoms with van der Waals surface area (Å²) in [5, 5.41) is 7.29. The van der Waals surface area contributed by atoms with Gasteiger partial charge in [-0.15, -0.1) is 0 Å². The van der Waals surface area contributed by atoms with Gasteiger partial charge in [0.2, 0.25) is 0 Å². The molecule has 0 aliphatic carbocycles. The van der Waals surface area contributed by atoms with Crippen LogP contribution in [0, 0.1) is 0 Å². The molecule has 3 aromatic heterocycles. The van der Waals surface area contributed by atoms with Gasteiger partial charge in [-0.3, -0.25) is 0 Å². The van der Waals surface area contributed by atoms with Crippen LogP contribution in [0.25, 0.3) is 149 Å². The number of hydrogen-bond donors (Lipinski definition) is 0. The Morgan fingerprint density at radius 1 is 0.211 bits per heavy atom. The molecule has 0 spiro atoms. The van der Waals surface area contributed by atoms with Gasteiger partial charge in [-0.05, 0) is 145 Å². The summed E-state index contributed by atoms with van der Waals surface area (Å²) in [6.45, 7) is -0.256. The van der Waals surface area contributed by atoms with Crippen LogP contribution >= 0.6 is 0 Å². The summed E-state index contributed by atoms with van der Waals surface area (Å²) >= 11 is 0. The van der Waals surface area contributed by atoms with Crippen LogP contribution < -0.4 is 21.3 Å². The van der Waals surface area contributed by atoms with Crippen molar-refractivity contribution in [2.24, 2.45) is 0 Å². The van der Waals surface area contributed by atoms with Crippen molar-refractivity contribution in [2.45, 2.75) is 0 Å². The number of rotatable bonds is 9. The lowest BCUT2D eigenvalue weighted by atomic mass is 9.33. The van der Waals surface area contributed by atoms with Crippen LogP contribution in [0.4, 0.5) is 17.1 Å². The topological polar surface area (TPSA) is 18.0 Å². The summed E-state index contributed by atoms with van der Waals surface area (Å²) in [7, 11) is 0. The van der Waals surface area contributed by atoms with E-state index < -0.39 is 0 Å². The van der Waals surface area contributed by atoms with Gasteiger partial charge in [-0.1, -0.05) is 273 Å². The number of aromatic nitrogens is 3. The SMILES string of the molecule is c1ccc(-c2ccc(-c3cccc(-c4ccc(-c5ccccc5)cc4)c3N3c4ccc(-n5c6ccccc6c6ccccc65)cc4B4c5c3cc3c6ccccc6n(-c6ccccc6)c3c5-n3c5ccc(-c6ccccc6)cc5c5cc(-c6ccccc6)cc4c53)cc2)cc1. The van der Waals surface area contributed by atoms with Gasteiger partial charge in [-0.25, -0.2) is 0 Å². The Labute approximate surface area is 550 Å².